The molecule has 0 N–H and O–H groups in total. The van der Waals surface area contributed by atoms with Gasteiger partial charge < -0.3 is 0 Å². The van der Waals surface area contributed by atoms with E-state index in [0.29, 0.717) is 11.1 Å². The predicted molar refractivity (Wildman–Crippen MR) is 48.9 cm³/mol. The Hall–Kier alpha value is -1.18. The lowest BCUT2D eigenvalue weighted by atomic mass is 10.0. The molecule has 0 atom stereocenters. The molecule has 66 valence electrons. The summed E-state index contributed by atoms with van der Waals surface area (Å²) in [6.45, 7) is 6.56. The zero-order chi connectivity index (χ0) is 9.72. The van der Waals surface area contributed by atoms with Gasteiger partial charge in [0.05, 0.1) is 0 Å². The molecule has 0 bridgehead atoms. The number of ketones is 2. The molecule has 0 aliphatic rings. The van der Waals surface area contributed by atoms with E-state index in [-0.39, 0.29) is 11.6 Å². The van der Waals surface area contributed by atoms with E-state index in [1.165, 1.54) is 13.0 Å². The van der Waals surface area contributed by atoms with Gasteiger partial charge in [0, 0.05) is 5.57 Å². The zero-order valence-corrected chi connectivity index (χ0v) is 7.97. The molecule has 0 aliphatic heterocycles. The highest BCUT2D eigenvalue weighted by Crippen LogP contribution is 2.06. The third-order valence-corrected chi connectivity index (χ3v) is 1.78. The SMILES string of the molecule is C/C=C\C(=O)/C(C)=C(/C)C(C)=O. The highest BCUT2D eigenvalue weighted by atomic mass is 16.1. The van der Waals surface area contributed by atoms with Crippen molar-refractivity contribution in [2.45, 2.75) is 27.7 Å². The molecular weight excluding hydrogens is 152 g/mol. The van der Waals surface area contributed by atoms with E-state index in [2.05, 4.69) is 0 Å². The molecule has 0 saturated heterocycles. The van der Waals surface area contributed by atoms with Crippen LogP contribution in [0.15, 0.2) is 23.3 Å². The lowest BCUT2D eigenvalue weighted by molar-refractivity contribution is -0.115. The van der Waals surface area contributed by atoms with Crippen LogP contribution in [-0.4, -0.2) is 11.6 Å². The van der Waals surface area contributed by atoms with Crippen molar-refractivity contribution in [3.05, 3.63) is 23.3 Å². The molecule has 0 radical (unpaired) electrons. The molecule has 0 aromatic carbocycles. The van der Waals surface area contributed by atoms with Crippen molar-refractivity contribution >= 4 is 11.6 Å². The normalized spacial score (nSPS) is 13.0. The zero-order valence-electron chi connectivity index (χ0n) is 7.97. The van der Waals surface area contributed by atoms with Crippen LogP contribution in [0.5, 0.6) is 0 Å². The van der Waals surface area contributed by atoms with Crippen molar-refractivity contribution in [2.75, 3.05) is 0 Å². The second-order valence-electron chi connectivity index (χ2n) is 2.67. The fourth-order valence-corrected chi connectivity index (χ4v) is 0.725. The van der Waals surface area contributed by atoms with Crippen LogP contribution in [0.2, 0.25) is 0 Å². The second kappa shape index (κ2) is 4.65. The molecule has 0 fully saturated rings. The van der Waals surface area contributed by atoms with E-state index in [4.69, 9.17) is 0 Å². The summed E-state index contributed by atoms with van der Waals surface area (Å²) < 4.78 is 0. The summed E-state index contributed by atoms with van der Waals surface area (Å²) in [4.78, 5) is 22.1. The number of hydrogen-bond acceptors (Lipinski definition) is 2. The van der Waals surface area contributed by atoms with E-state index in [1.807, 2.05) is 0 Å². The van der Waals surface area contributed by atoms with Crippen LogP contribution < -0.4 is 0 Å². The molecular formula is C10H14O2. The van der Waals surface area contributed by atoms with Gasteiger partial charge in [0.2, 0.25) is 0 Å². The second-order valence-corrected chi connectivity index (χ2v) is 2.67. The van der Waals surface area contributed by atoms with Crippen LogP contribution in [0.4, 0.5) is 0 Å². The first-order valence-corrected chi connectivity index (χ1v) is 3.86. The number of rotatable bonds is 3. The molecule has 0 aromatic heterocycles. The lowest BCUT2D eigenvalue weighted by Gasteiger charge is -1.99. The molecule has 0 saturated carbocycles. The van der Waals surface area contributed by atoms with Gasteiger partial charge in [0.25, 0.3) is 0 Å². The van der Waals surface area contributed by atoms with E-state index >= 15 is 0 Å². The Labute approximate surface area is 73.0 Å². The first kappa shape index (κ1) is 10.8. The molecule has 12 heavy (non-hydrogen) atoms. The molecule has 0 aromatic rings. The van der Waals surface area contributed by atoms with Crippen molar-refractivity contribution in [1.29, 1.82) is 0 Å². The Morgan fingerprint density at radius 2 is 1.50 bits per heavy atom. The van der Waals surface area contributed by atoms with Crippen LogP contribution in [0, 0.1) is 0 Å². The minimum absolute atomic E-state index is 0.0506. The quantitative estimate of drug-likeness (QED) is 0.601. The predicted octanol–water partition coefficient (Wildman–Crippen LogP) is 2.06. The fraction of sp³-hybridized carbons (Fsp3) is 0.400. The molecule has 0 aliphatic carbocycles. The summed E-state index contributed by atoms with van der Waals surface area (Å²) in [5.74, 6) is -0.143. The fourth-order valence-electron chi connectivity index (χ4n) is 0.725. The Bertz CT molecular complexity index is 257. The van der Waals surface area contributed by atoms with Gasteiger partial charge in [-0.2, -0.15) is 0 Å². The Kier molecular flexibility index (Phi) is 4.19. The monoisotopic (exact) mass is 166 g/mol. The van der Waals surface area contributed by atoms with Crippen LogP contribution in [0.25, 0.3) is 0 Å². The maximum absolute atomic E-state index is 11.2. The minimum atomic E-state index is -0.0924. The number of carbonyl (C=O) groups is 2. The summed E-state index contributed by atoms with van der Waals surface area (Å²) in [5.41, 5.74) is 1.07. The highest BCUT2D eigenvalue weighted by Gasteiger charge is 2.06. The van der Waals surface area contributed by atoms with Gasteiger partial charge in [-0.25, -0.2) is 0 Å². The first-order valence-electron chi connectivity index (χ1n) is 3.86. The van der Waals surface area contributed by atoms with Crippen molar-refractivity contribution in [3.63, 3.8) is 0 Å². The maximum atomic E-state index is 11.2. The Morgan fingerprint density at radius 3 is 1.83 bits per heavy atom. The molecule has 0 heterocycles. The smallest absolute Gasteiger partial charge is 0.181 e. The maximum Gasteiger partial charge on any atom is 0.181 e. The van der Waals surface area contributed by atoms with Gasteiger partial charge >= 0.3 is 0 Å². The van der Waals surface area contributed by atoms with Crippen molar-refractivity contribution in [2.24, 2.45) is 0 Å². The van der Waals surface area contributed by atoms with E-state index in [9.17, 15) is 9.59 Å². The van der Waals surface area contributed by atoms with E-state index in [0.717, 1.165) is 0 Å². The third-order valence-electron chi connectivity index (χ3n) is 1.78. The molecule has 0 spiro atoms. The van der Waals surface area contributed by atoms with Crippen molar-refractivity contribution in [3.8, 4) is 0 Å². The Balaban J connectivity index is 4.78. The summed E-state index contributed by atoms with van der Waals surface area (Å²) >= 11 is 0. The van der Waals surface area contributed by atoms with E-state index < -0.39 is 0 Å². The minimum Gasteiger partial charge on any atom is -0.295 e. The third kappa shape index (κ3) is 2.82. The van der Waals surface area contributed by atoms with Gasteiger partial charge in [-0.15, -0.1) is 0 Å². The molecule has 2 heteroatoms. The largest absolute Gasteiger partial charge is 0.295 e. The highest BCUT2D eigenvalue weighted by molar-refractivity contribution is 6.09. The molecule has 0 rings (SSSR count). The number of hydrogen-bond donors (Lipinski definition) is 0. The first-order chi connectivity index (χ1) is 5.50. The molecule has 0 unspecified atom stereocenters. The van der Waals surface area contributed by atoms with Gasteiger partial charge in [0.1, 0.15) is 0 Å². The van der Waals surface area contributed by atoms with Gasteiger partial charge in [0.15, 0.2) is 11.6 Å². The van der Waals surface area contributed by atoms with Crippen LogP contribution in [-0.2, 0) is 9.59 Å². The number of carbonyl (C=O) groups excluding carboxylic acids is 2. The average Bonchev–Trinajstić information content (AvgIpc) is 2.02. The summed E-state index contributed by atoms with van der Waals surface area (Å²) in [7, 11) is 0. The van der Waals surface area contributed by atoms with Crippen molar-refractivity contribution in [1.82, 2.24) is 0 Å². The van der Waals surface area contributed by atoms with Crippen LogP contribution in [0.3, 0.4) is 0 Å². The van der Waals surface area contributed by atoms with Crippen LogP contribution in [0.1, 0.15) is 27.7 Å². The summed E-state index contributed by atoms with van der Waals surface area (Å²) in [6.07, 6.45) is 3.13. The number of allylic oxidation sites excluding steroid dienone is 4. The molecule has 2 nitrogen and oxygen atoms in total. The van der Waals surface area contributed by atoms with Gasteiger partial charge in [-0.1, -0.05) is 6.08 Å². The van der Waals surface area contributed by atoms with Crippen LogP contribution >= 0.6 is 0 Å². The van der Waals surface area contributed by atoms with Gasteiger partial charge in [-0.3, -0.25) is 9.59 Å². The lowest BCUT2D eigenvalue weighted by Crippen LogP contribution is -2.03. The average molecular weight is 166 g/mol. The standard InChI is InChI=1S/C10H14O2/c1-5-6-10(12)8(3)7(2)9(4)11/h5-6H,1-4H3/b6-5-,8-7-. The van der Waals surface area contributed by atoms with Crippen molar-refractivity contribution < 1.29 is 9.59 Å². The van der Waals surface area contributed by atoms with Gasteiger partial charge in [-0.05, 0) is 39.3 Å². The van der Waals surface area contributed by atoms with E-state index in [1.54, 1.807) is 26.8 Å². The topological polar surface area (TPSA) is 34.1 Å². The summed E-state index contributed by atoms with van der Waals surface area (Å²) in [6, 6.07) is 0. The molecule has 0 amide bonds. The number of Topliss-reactive ketones (excluding diaryl/α,β-unsaturated/α-hetero) is 1. The Morgan fingerprint density at radius 1 is 1.00 bits per heavy atom. The summed E-state index contributed by atoms with van der Waals surface area (Å²) in [5, 5.41) is 0.